The number of aryl methyl sites for hydroxylation is 1. The normalized spacial score (nSPS) is 17.7. The van der Waals surface area contributed by atoms with Crippen molar-refractivity contribution in [3.63, 3.8) is 0 Å². The van der Waals surface area contributed by atoms with E-state index in [1.807, 2.05) is 18.7 Å². The van der Waals surface area contributed by atoms with Crippen LogP contribution in [0, 0.1) is 17.7 Å². The van der Waals surface area contributed by atoms with Gasteiger partial charge in [0, 0.05) is 31.0 Å². The third kappa shape index (κ3) is 3.80. The van der Waals surface area contributed by atoms with Crippen molar-refractivity contribution in [2.75, 3.05) is 13.1 Å². The predicted molar refractivity (Wildman–Crippen MR) is 87.5 cm³/mol. The van der Waals surface area contributed by atoms with Gasteiger partial charge in [0.15, 0.2) is 5.82 Å². The zero-order valence-corrected chi connectivity index (χ0v) is 14.0. The summed E-state index contributed by atoms with van der Waals surface area (Å²) in [5, 5.41) is 4.00. The molecule has 128 valence electrons. The summed E-state index contributed by atoms with van der Waals surface area (Å²) in [4.78, 5) is 18.3. The van der Waals surface area contributed by atoms with Crippen LogP contribution in [0.15, 0.2) is 28.8 Å². The van der Waals surface area contributed by atoms with Crippen LogP contribution >= 0.6 is 0 Å². The van der Waals surface area contributed by atoms with E-state index in [0.29, 0.717) is 23.2 Å². The lowest BCUT2D eigenvalue weighted by Gasteiger charge is -2.18. The van der Waals surface area contributed by atoms with Crippen molar-refractivity contribution < 1.29 is 13.7 Å². The van der Waals surface area contributed by atoms with E-state index in [4.69, 9.17) is 4.52 Å². The smallest absolute Gasteiger partial charge is 0.257 e. The second-order valence-electron chi connectivity index (χ2n) is 6.65. The maximum absolute atomic E-state index is 12.9. The average Bonchev–Trinajstić information content (AvgIpc) is 3.22. The number of nitrogens with zero attached hydrogens (tertiary/aromatic N) is 3. The number of amides is 1. The van der Waals surface area contributed by atoms with Crippen molar-refractivity contribution in [3.8, 4) is 11.5 Å². The van der Waals surface area contributed by atoms with E-state index in [-0.39, 0.29) is 17.6 Å². The van der Waals surface area contributed by atoms with Crippen LogP contribution in [0.4, 0.5) is 4.39 Å². The van der Waals surface area contributed by atoms with Gasteiger partial charge >= 0.3 is 0 Å². The number of hydrogen-bond acceptors (Lipinski definition) is 4. The van der Waals surface area contributed by atoms with Gasteiger partial charge in [-0.15, -0.1) is 0 Å². The molecule has 1 aliphatic rings. The molecule has 1 aliphatic heterocycles. The van der Waals surface area contributed by atoms with E-state index < -0.39 is 0 Å². The lowest BCUT2D eigenvalue weighted by Crippen LogP contribution is -2.32. The van der Waals surface area contributed by atoms with E-state index >= 15 is 0 Å². The first-order valence-electron chi connectivity index (χ1n) is 8.40. The van der Waals surface area contributed by atoms with Crippen LogP contribution < -0.4 is 0 Å². The van der Waals surface area contributed by atoms with Gasteiger partial charge in [-0.2, -0.15) is 4.98 Å². The van der Waals surface area contributed by atoms with E-state index in [0.717, 1.165) is 32.4 Å². The second-order valence-corrected chi connectivity index (χ2v) is 6.65. The van der Waals surface area contributed by atoms with Crippen molar-refractivity contribution in [1.82, 2.24) is 15.0 Å². The van der Waals surface area contributed by atoms with Crippen LogP contribution in [-0.2, 0) is 11.2 Å². The largest absolute Gasteiger partial charge is 0.342 e. The minimum atomic E-state index is -0.291. The van der Waals surface area contributed by atoms with Gasteiger partial charge in [-0.05, 0) is 43.0 Å². The zero-order valence-electron chi connectivity index (χ0n) is 14.0. The fourth-order valence-corrected chi connectivity index (χ4v) is 3.03. The standard InChI is InChI=1S/C18H22FN3O2/c1-12(2)18(23)22-10-9-13(11-22)3-8-16-20-17(24-21-16)14-4-6-15(19)7-5-14/h4-7,12-13H,3,8-11H2,1-2H3. The Morgan fingerprint density at radius 2 is 2.12 bits per heavy atom. The number of carbonyl (C=O) groups excluding carboxylic acids is 1. The molecule has 1 unspecified atom stereocenters. The van der Waals surface area contributed by atoms with Crippen LogP contribution in [0.5, 0.6) is 0 Å². The minimum Gasteiger partial charge on any atom is -0.342 e. The molecule has 1 aromatic heterocycles. The van der Waals surface area contributed by atoms with Crippen LogP contribution in [0.25, 0.3) is 11.5 Å². The van der Waals surface area contributed by atoms with Gasteiger partial charge in [-0.25, -0.2) is 4.39 Å². The van der Waals surface area contributed by atoms with Crippen LogP contribution in [0.3, 0.4) is 0 Å². The van der Waals surface area contributed by atoms with Gasteiger partial charge in [0.25, 0.3) is 5.89 Å². The number of halogens is 1. The molecule has 24 heavy (non-hydrogen) atoms. The Kier molecular flexibility index (Phi) is 4.92. The van der Waals surface area contributed by atoms with Crippen LogP contribution in [0.1, 0.15) is 32.5 Å². The summed E-state index contributed by atoms with van der Waals surface area (Å²) in [5.74, 6) is 1.55. The van der Waals surface area contributed by atoms with Gasteiger partial charge in [0.05, 0.1) is 0 Å². The third-order valence-corrected chi connectivity index (χ3v) is 4.43. The molecule has 2 heterocycles. The first kappa shape index (κ1) is 16.6. The molecular weight excluding hydrogens is 309 g/mol. The van der Waals surface area contributed by atoms with E-state index in [1.54, 1.807) is 12.1 Å². The highest BCUT2D eigenvalue weighted by Gasteiger charge is 2.27. The topological polar surface area (TPSA) is 59.2 Å². The van der Waals surface area contributed by atoms with E-state index in [1.165, 1.54) is 12.1 Å². The molecule has 3 rings (SSSR count). The Labute approximate surface area is 140 Å². The molecule has 1 fully saturated rings. The Hall–Kier alpha value is -2.24. The summed E-state index contributed by atoms with van der Waals surface area (Å²) < 4.78 is 18.2. The lowest BCUT2D eigenvalue weighted by atomic mass is 10.0. The molecule has 5 nitrogen and oxygen atoms in total. The summed E-state index contributed by atoms with van der Waals surface area (Å²) in [6.45, 7) is 5.53. The highest BCUT2D eigenvalue weighted by molar-refractivity contribution is 5.78. The molecule has 0 spiro atoms. The quantitative estimate of drug-likeness (QED) is 0.843. The van der Waals surface area contributed by atoms with Crippen molar-refractivity contribution in [2.45, 2.75) is 33.1 Å². The maximum Gasteiger partial charge on any atom is 0.257 e. The number of benzene rings is 1. The Morgan fingerprint density at radius 1 is 1.38 bits per heavy atom. The number of aromatic nitrogens is 2. The fraction of sp³-hybridized carbons (Fsp3) is 0.500. The Morgan fingerprint density at radius 3 is 2.83 bits per heavy atom. The monoisotopic (exact) mass is 331 g/mol. The van der Waals surface area contributed by atoms with Crippen molar-refractivity contribution in [3.05, 3.63) is 35.9 Å². The first-order chi connectivity index (χ1) is 11.5. The SMILES string of the molecule is CC(C)C(=O)N1CCC(CCc2noc(-c3ccc(F)cc3)n2)C1. The highest BCUT2D eigenvalue weighted by atomic mass is 19.1. The molecular formula is C18H22FN3O2. The van der Waals surface area contributed by atoms with Gasteiger partial charge in [0.1, 0.15) is 5.82 Å². The number of carbonyl (C=O) groups is 1. The van der Waals surface area contributed by atoms with E-state index in [9.17, 15) is 9.18 Å². The first-order valence-corrected chi connectivity index (χ1v) is 8.40. The van der Waals surface area contributed by atoms with Crippen LogP contribution in [0.2, 0.25) is 0 Å². The molecule has 1 amide bonds. The van der Waals surface area contributed by atoms with Gasteiger partial charge < -0.3 is 9.42 Å². The highest BCUT2D eigenvalue weighted by Crippen LogP contribution is 2.23. The summed E-state index contributed by atoms with van der Waals surface area (Å²) in [5.41, 5.74) is 0.713. The minimum absolute atomic E-state index is 0.0548. The summed E-state index contributed by atoms with van der Waals surface area (Å²) >= 11 is 0. The van der Waals surface area contributed by atoms with Gasteiger partial charge in [-0.1, -0.05) is 19.0 Å². The molecule has 1 saturated heterocycles. The van der Waals surface area contributed by atoms with Gasteiger partial charge in [-0.3, -0.25) is 4.79 Å². The van der Waals surface area contributed by atoms with Gasteiger partial charge in [0.2, 0.25) is 5.91 Å². The summed E-state index contributed by atoms with van der Waals surface area (Å²) in [7, 11) is 0. The average molecular weight is 331 g/mol. The number of rotatable bonds is 5. The van der Waals surface area contributed by atoms with Crippen LogP contribution in [-0.4, -0.2) is 34.0 Å². The van der Waals surface area contributed by atoms with Crippen molar-refractivity contribution in [1.29, 1.82) is 0 Å². The number of hydrogen-bond donors (Lipinski definition) is 0. The maximum atomic E-state index is 12.9. The Balaban J connectivity index is 1.53. The summed E-state index contributed by atoms with van der Waals surface area (Å²) in [6, 6.07) is 5.99. The molecule has 0 aliphatic carbocycles. The molecule has 0 radical (unpaired) electrons. The molecule has 6 heteroatoms. The molecule has 0 N–H and O–H groups in total. The molecule has 2 aromatic rings. The number of likely N-dealkylation sites (tertiary alicyclic amines) is 1. The van der Waals surface area contributed by atoms with E-state index in [2.05, 4.69) is 10.1 Å². The molecule has 0 saturated carbocycles. The summed E-state index contributed by atoms with van der Waals surface area (Å²) in [6.07, 6.45) is 2.68. The van der Waals surface area contributed by atoms with Crippen molar-refractivity contribution >= 4 is 5.91 Å². The van der Waals surface area contributed by atoms with Crippen molar-refractivity contribution in [2.24, 2.45) is 11.8 Å². The Bertz CT molecular complexity index is 697. The third-order valence-electron chi connectivity index (χ3n) is 4.43. The molecule has 0 bridgehead atoms. The molecule has 1 atom stereocenters. The predicted octanol–water partition coefficient (Wildman–Crippen LogP) is 3.31. The fourth-order valence-electron chi connectivity index (χ4n) is 3.03. The second kappa shape index (κ2) is 7.11. The molecule has 1 aromatic carbocycles. The zero-order chi connectivity index (χ0) is 17.1. The lowest BCUT2D eigenvalue weighted by molar-refractivity contribution is -0.133.